The highest BCUT2D eigenvalue weighted by Gasteiger charge is 2.14. The van der Waals surface area contributed by atoms with Gasteiger partial charge in [-0.05, 0) is 31.5 Å². The highest BCUT2D eigenvalue weighted by Crippen LogP contribution is 2.29. The van der Waals surface area contributed by atoms with Gasteiger partial charge in [-0.3, -0.25) is 10.1 Å². The Morgan fingerprint density at radius 3 is 2.70 bits per heavy atom. The lowest BCUT2D eigenvalue weighted by Crippen LogP contribution is -1.86. The molecule has 20 heavy (non-hydrogen) atoms. The topological polar surface area (TPSA) is 69.2 Å². The number of hydrogen-bond acceptors (Lipinski definition) is 4. The maximum absolute atomic E-state index is 10.8. The number of fused-ring (bicyclic) bond motifs is 1. The standard InChI is InChI=1S/C15H12N2O3/c1-9-3-4-10(2)12(7-9)15-16-13-8-11(17(18)19)5-6-14(13)20-15/h3-8H,1-2H3. The number of non-ortho nitro benzene ring substituents is 1. The molecule has 0 fully saturated rings. The van der Waals surface area contributed by atoms with Crippen molar-refractivity contribution in [3.63, 3.8) is 0 Å². The Labute approximate surface area is 115 Å². The average molecular weight is 268 g/mol. The van der Waals surface area contributed by atoms with Crippen LogP contribution in [0.1, 0.15) is 11.1 Å². The number of oxazole rings is 1. The first-order valence-electron chi connectivity index (χ1n) is 6.17. The first-order valence-corrected chi connectivity index (χ1v) is 6.17. The van der Waals surface area contributed by atoms with Crippen LogP contribution < -0.4 is 0 Å². The van der Waals surface area contributed by atoms with E-state index in [0.717, 1.165) is 16.7 Å². The largest absolute Gasteiger partial charge is 0.436 e. The normalized spacial score (nSPS) is 10.9. The van der Waals surface area contributed by atoms with Gasteiger partial charge in [0.25, 0.3) is 5.69 Å². The summed E-state index contributed by atoms with van der Waals surface area (Å²) in [5.74, 6) is 0.488. The molecule has 3 rings (SSSR count). The molecule has 5 nitrogen and oxygen atoms in total. The van der Waals surface area contributed by atoms with Gasteiger partial charge in [-0.2, -0.15) is 0 Å². The van der Waals surface area contributed by atoms with Crippen molar-refractivity contribution >= 4 is 16.8 Å². The summed E-state index contributed by atoms with van der Waals surface area (Å²) < 4.78 is 5.69. The lowest BCUT2D eigenvalue weighted by Gasteiger charge is -2.02. The van der Waals surface area contributed by atoms with Crippen molar-refractivity contribution in [3.05, 3.63) is 57.6 Å². The third kappa shape index (κ3) is 2.03. The van der Waals surface area contributed by atoms with Gasteiger partial charge < -0.3 is 4.42 Å². The molecule has 0 aliphatic carbocycles. The highest BCUT2D eigenvalue weighted by atomic mass is 16.6. The summed E-state index contributed by atoms with van der Waals surface area (Å²) >= 11 is 0. The number of rotatable bonds is 2. The molecule has 0 saturated heterocycles. The number of aryl methyl sites for hydroxylation is 2. The molecule has 100 valence electrons. The van der Waals surface area contributed by atoms with E-state index in [1.807, 2.05) is 32.0 Å². The van der Waals surface area contributed by atoms with Gasteiger partial charge in [-0.1, -0.05) is 17.7 Å². The fourth-order valence-electron chi connectivity index (χ4n) is 2.11. The second-order valence-electron chi connectivity index (χ2n) is 4.75. The minimum Gasteiger partial charge on any atom is -0.436 e. The van der Waals surface area contributed by atoms with Crippen LogP contribution in [0.25, 0.3) is 22.6 Å². The van der Waals surface area contributed by atoms with Crippen LogP contribution in [0.2, 0.25) is 0 Å². The Balaban J connectivity index is 2.17. The van der Waals surface area contributed by atoms with Crippen molar-refractivity contribution in [2.24, 2.45) is 0 Å². The zero-order valence-corrected chi connectivity index (χ0v) is 11.1. The van der Waals surface area contributed by atoms with Crippen molar-refractivity contribution in [2.45, 2.75) is 13.8 Å². The molecule has 0 saturated carbocycles. The third-order valence-corrected chi connectivity index (χ3v) is 3.21. The fraction of sp³-hybridized carbons (Fsp3) is 0.133. The van der Waals surface area contributed by atoms with Crippen molar-refractivity contribution in [1.82, 2.24) is 4.98 Å². The summed E-state index contributed by atoms with van der Waals surface area (Å²) in [7, 11) is 0. The summed E-state index contributed by atoms with van der Waals surface area (Å²) in [5.41, 5.74) is 4.12. The van der Waals surface area contributed by atoms with Crippen LogP contribution >= 0.6 is 0 Å². The summed E-state index contributed by atoms with van der Waals surface area (Å²) in [5, 5.41) is 10.8. The highest BCUT2D eigenvalue weighted by molar-refractivity contribution is 5.79. The molecule has 0 atom stereocenters. The maximum Gasteiger partial charge on any atom is 0.271 e. The van der Waals surface area contributed by atoms with E-state index < -0.39 is 4.92 Å². The van der Waals surface area contributed by atoms with E-state index in [2.05, 4.69) is 4.98 Å². The summed E-state index contributed by atoms with van der Waals surface area (Å²) in [4.78, 5) is 14.7. The van der Waals surface area contributed by atoms with E-state index in [9.17, 15) is 10.1 Å². The minimum atomic E-state index is -0.439. The molecule has 5 heteroatoms. The Morgan fingerprint density at radius 2 is 1.95 bits per heavy atom. The van der Waals surface area contributed by atoms with Crippen LogP contribution in [0.4, 0.5) is 5.69 Å². The van der Waals surface area contributed by atoms with E-state index in [0.29, 0.717) is 17.0 Å². The van der Waals surface area contributed by atoms with Gasteiger partial charge >= 0.3 is 0 Å². The van der Waals surface area contributed by atoms with E-state index in [1.54, 1.807) is 6.07 Å². The molecule has 0 N–H and O–H groups in total. The molecule has 0 aliphatic heterocycles. The van der Waals surface area contributed by atoms with Gasteiger partial charge in [-0.15, -0.1) is 0 Å². The van der Waals surface area contributed by atoms with Gasteiger partial charge in [-0.25, -0.2) is 4.98 Å². The first kappa shape index (κ1) is 12.3. The first-order chi connectivity index (χ1) is 9.54. The molecule has 3 aromatic rings. The van der Waals surface area contributed by atoms with Gasteiger partial charge in [0.05, 0.1) is 4.92 Å². The van der Waals surface area contributed by atoms with E-state index in [1.165, 1.54) is 12.1 Å². The van der Waals surface area contributed by atoms with Crippen LogP contribution in [0, 0.1) is 24.0 Å². The number of benzene rings is 2. The number of nitro benzene ring substituents is 1. The molecule has 0 aliphatic rings. The van der Waals surface area contributed by atoms with E-state index >= 15 is 0 Å². The molecule has 2 aromatic carbocycles. The quantitative estimate of drug-likeness (QED) is 0.520. The van der Waals surface area contributed by atoms with Crippen molar-refractivity contribution < 1.29 is 9.34 Å². The van der Waals surface area contributed by atoms with Crippen LogP contribution in [0.5, 0.6) is 0 Å². The maximum atomic E-state index is 10.8. The second kappa shape index (κ2) is 4.45. The molecule has 0 amide bonds. The molecule has 0 spiro atoms. The smallest absolute Gasteiger partial charge is 0.271 e. The third-order valence-electron chi connectivity index (χ3n) is 3.21. The van der Waals surface area contributed by atoms with Gasteiger partial charge in [0.15, 0.2) is 5.58 Å². The Hall–Kier alpha value is -2.69. The average Bonchev–Trinajstić information content (AvgIpc) is 2.83. The zero-order chi connectivity index (χ0) is 14.3. The number of aromatic nitrogens is 1. The summed E-state index contributed by atoms with van der Waals surface area (Å²) in [6.07, 6.45) is 0. The van der Waals surface area contributed by atoms with Crippen molar-refractivity contribution in [3.8, 4) is 11.5 Å². The Kier molecular flexibility index (Phi) is 2.75. The Morgan fingerprint density at radius 1 is 1.15 bits per heavy atom. The van der Waals surface area contributed by atoms with Crippen LogP contribution in [-0.2, 0) is 0 Å². The van der Waals surface area contributed by atoms with Gasteiger partial charge in [0, 0.05) is 17.7 Å². The molecule has 1 aromatic heterocycles. The molecule has 0 unspecified atom stereocenters. The number of nitro groups is 1. The predicted molar refractivity (Wildman–Crippen MR) is 75.6 cm³/mol. The monoisotopic (exact) mass is 268 g/mol. The van der Waals surface area contributed by atoms with E-state index in [4.69, 9.17) is 4.42 Å². The lowest BCUT2D eigenvalue weighted by atomic mass is 10.1. The zero-order valence-electron chi connectivity index (χ0n) is 11.1. The van der Waals surface area contributed by atoms with Gasteiger partial charge in [0.1, 0.15) is 5.52 Å². The second-order valence-corrected chi connectivity index (χ2v) is 4.75. The summed E-state index contributed by atoms with van der Waals surface area (Å²) in [6.45, 7) is 3.97. The minimum absolute atomic E-state index is 0.0123. The molecule has 0 radical (unpaired) electrons. The predicted octanol–water partition coefficient (Wildman–Crippen LogP) is 4.02. The van der Waals surface area contributed by atoms with Crippen LogP contribution in [0.3, 0.4) is 0 Å². The lowest BCUT2D eigenvalue weighted by molar-refractivity contribution is -0.384. The Bertz CT molecular complexity index is 821. The van der Waals surface area contributed by atoms with Gasteiger partial charge in [0.2, 0.25) is 5.89 Å². The van der Waals surface area contributed by atoms with Crippen LogP contribution in [0.15, 0.2) is 40.8 Å². The SMILES string of the molecule is Cc1ccc(C)c(-c2nc3cc([N+](=O)[O-])ccc3o2)c1. The molecule has 0 bridgehead atoms. The van der Waals surface area contributed by atoms with Crippen molar-refractivity contribution in [2.75, 3.05) is 0 Å². The summed E-state index contributed by atoms with van der Waals surface area (Å²) in [6, 6.07) is 10.4. The van der Waals surface area contributed by atoms with Crippen molar-refractivity contribution in [1.29, 1.82) is 0 Å². The molecular weight excluding hydrogens is 256 g/mol. The number of nitrogens with zero attached hydrogens (tertiary/aromatic N) is 2. The van der Waals surface area contributed by atoms with Crippen LogP contribution in [-0.4, -0.2) is 9.91 Å². The van der Waals surface area contributed by atoms with E-state index in [-0.39, 0.29) is 5.69 Å². The number of hydrogen-bond donors (Lipinski definition) is 0. The fourth-order valence-corrected chi connectivity index (χ4v) is 2.11. The molecule has 1 heterocycles. The molecular formula is C15H12N2O3.